The number of nitrogens with one attached hydrogen (secondary N) is 1. The third-order valence-electron chi connectivity index (χ3n) is 6.53. The van der Waals surface area contributed by atoms with E-state index < -0.39 is 0 Å². The highest BCUT2D eigenvalue weighted by Crippen LogP contribution is 2.38. The van der Waals surface area contributed by atoms with Gasteiger partial charge in [-0.15, -0.1) is 0 Å². The maximum Gasteiger partial charge on any atom is 0.260 e. The van der Waals surface area contributed by atoms with Crippen molar-refractivity contribution in [2.24, 2.45) is 11.8 Å². The number of benzene rings is 1. The van der Waals surface area contributed by atoms with E-state index in [4.69, 9.17) is 9.47 Å². The van der Waals surface area contributed by atoms with Gasteiger partial charge in [0.15, 0.2) is 6.61 Å². The Morgan fingerprint density at radius 2 is 1.93 bits per heavy atom. The number of hydrogen-bond donors (Lipinski definition) is 1. The fourth-order valence-electron chi connectivity index (χ4n) is 4.75. The summed E-state index contributed by atoms with van der Waals surface area (Å²) >= 11 is 0. The van der Waals surface area contributed by atoms with Crippen LogP contribution in [0.3, 0.4) is 0 Å². The molecule has 7 nitrogen and oxygen atoms in total. The summed E-state index contributed by atoms with van der Waals surface area (Å²) in [6.07, 6.45) is 2.95. The topological polar surface area (TPSA) is 71.1 Å². The van der Waals surface area contributed by atoms with E-state index in [1.807, 2.05) is 12.1 Å². The molecule has 7 heteroatoms. The van der Waals surface area contributed by atoms with Gasteiger partial charge < -0.3 is 19.7 Å². The maximum absolute atomic E-state index is 12.2. The first-order valence-electron chi connectivity index (χ1n) is 10.6. The van der Waals surface area contributed by atoms with Gasteiger partial charge in [0.05, 0.1) is 13.2 Å². The fraction of sp³-hybridized carbons (Fsp3) is 0.636. The molecular formula is C22H31N3O4. The molecule has 0 unspecified atom stereocenters. The summed E-state index contributed by atoms with van der Waals surface area (Å²) in [6.45, 7) is 4.26. The van der Waals surface area contributed by atoms with Gasteiger partial charge >= 0.3 is 0 Å². The number of ether oxygens (including phenoxy) is 2. The molecular weight excluding hydrogens is 370 g/mol. The van der Waals surface area contributed by atoms with Crippen LogP contribution in [-0.2, 0) is 20.9 Å². The molecule has 2 heterocycles. The summed E-state index contributed by atoms with van der Waals surface area (Å²) in [5.74, 6) is 2.09. The van der Waals surface area contributed by atoms with Gasteiger partial charge in [0.1, 0.15) is 5.75 Å². The quantitative estimate of drug-likeness (QED) is 0.777. The van der Waals surface area contributed by atoms with Crippen molar-refractivity contribution in [2.75, 3.05) is 46.5 Å². The second kappa shape index (κ2) is 9.13. The molecule has 3 fully saturated rings. The average Bonchev–Trinajstić information content (AvgIpc) is 3.17. The summed E-state index contributed by atoms with van der Waals surface area (Å²) in [4.78, 5) is 28.0. The first-order valence-corrected chi connectivity index (χ1v) is 10.6. The molecule has 1 aromatic carbocycles. The molecule has 2 amide bonds. The van der Waals surface area contributed by atoms with Crippen LogP contribution >= 0.6 is 0 Å². The Morgan fingerprint density at radius 3 is 2.69 bits per heavy atom. The Labute approximate surface area is 172 Å². The lowest BCUT2D eigenvalue weighted by molar-refractivity contribution is -0.137. The van der Waals surface area contributed by atoms with Crippen molar-refractivity contribution in [2.45, 2.75) is 31.8 Å². The molecule has 0 bridgehead atoms. The van der Waals surface area contributed by atoms with E-state index in [1.165, 1.54) is 5.56 Å². The van der Waals surface area contributed by atoms with Crippen molar-refractivity contribution in [3.05, 3.63) is 29.8 Å². The van der Waals surface area contributed by atoms with Gasteiger partial charge in [0.2, 0.25) is 5.91 Å². The highest BCUT2D eigenvalue weighted by molar-refractivity contribution is 5.78. The van der Waals surface area contributed by atoms with Crippen molar-refractivity contribution < 1.29 is 19.1 Å². The van der Waals surface area contributed by atoms with Crippen LogP contribution in [0.1, 0.15) is 24.8 Å². The fourth-order valence-corrected chi connectivity index (χ4v) is 4.75. The molecule has 4 rings (SSSR count). The number of amides is 2. The van der Waals surface area contributed by atoms with Crippen molar-refractivity contribution in [3.8, 4) is 5.75 Å². The largest absolute Gasteiger partial charge is 0.484 e. The van der Waals surface area contributed by atoms with Crippen LogP contribution in [-0.4, -0.2) is 74.2 Å². The second-order valence-corrected chi connectivity index (χ2v) is 8.49. The predicted octanol–water partition coefficient (Wildman–Crippen LogP) is 1.27. The molecule has 2 aliphatic heterocycles. The number of carbonyl (C=O) groups excluding carboxylic acids is 2. The predicted molar refractivity (Wildman–Crippen MR) is 108 cm³/mol. The zero-order chi connectivity index (χ0) is 20.2. The van der Waals surface area contributed by atoms with Crippen LogP contribution in [0.25, 0.3) is 0 Å². The minimum atomic E-state index is 0.00721. The lowest BCUT2D eigenvalue weighted by Gasteiger charge is -2.26. The minimum absolute atomic E-state index is 0.00721. The van der Waals surface area contributed by atoms with Gasteiger partial charge in [-0.2, -0.15) is 0 Å². The number of piperidine rings is 1. The smallest absolute Gasteiger partial charge is 0.260 e. The Balaban J connectivity index is 1.24. The Kier molecular flexibility index (Phi) is 6.35. The lowest BCUT2D eigenvalue weighted by atomic mass is 9.89. The van der Waals surface area contributed by atoms with Gasteiger partial charge in [-0.05, 0) is 49.4 Å². The van der Waals surface area contributed by atoms with Crippen LogP contribution in [0.4, 0.5) is 0 Å². The summed E-state index contributed by atoms with van der Waals surface area (Å²) in [7, 11) is 2.17. The van der Waals surface area contributed by atoms with E-state index in [1.54, 1.807) is 4.90 Å². The van der Waals surface area contributed by atoms with E-state index in [9.17, 15) is 9.59 Å². The lowest BCUT2D eigenvalue weighted by Crippen LogP contribution is -2.42. The third-order valence-corrected chi connectivity index (χ3v) is 6.53. The molecule has 2 saturated heterocycles. The molecule has 158 valence electrons. The zero-order valence-electron chi connectivity index (χ0n) is 17.1. The maximum atomic E-state index is 12.2. The van der Waals surface area contributed by atoms with Crippen LogP contribution < -0.4 is 10.1 Å². The molecule has 3 atom stereocenters. The second-order valence-electron chi connectivity index (χ2n) is 8.49. The minimum Gasteiger partial charge on any atom is -0.484 e. The Morgan fingerprint density at radius 1 is 1.21 bits per heavy atom. The van der Waals surface area contributed by atoms with Crippen LogP contribution in [0.5, 0.6) is 5.75 Å². The summed E-state index contributed by atoms with van der Waals surface area (Å²) < 4.78 is 10.9. The van der Waals surface area contributed by atoms with E-state index in [2.05, 4.69) is 29.4 Å². The summed E-state index contributed by atoms with van der Waals surface area (Å²) in [5, 5.41) is 3.01. The molecule has 1 aromatic rings. The molecule has 29 heavy (non-hydrogen) atoms. The standard InChI is InChI=1S/C22H31N3O4/c1-24(19-10-17-12-21(26)23-13-18(17)11-19)14-16-2-4-20(5-3-16)29-15-22(27)25-6-8-28-9-7-25/h2-5,17-19H,6-15H2,1H3,(H,23,26)/t17-,18+,19-/m0/s1. The molecule has 1 N–H and O–H groups in total. The first-order chi connectivity index (χ1) is 14.1. The Bertz CT molecular complexity index is 717. The summed E-state index contributed by atoms with van der Waals surface area (Å²) in [6, 6.07) is 8.54. The van der Waals surface area contributed by atoms with E-state index >= 15 is 0 Å². The SMILES string of the molecule is CN(Cc1ccc(OCC(=O)N2CCOCC2)cc1)[C@H]1C[C@H]2CC(=O)NC[C@H]2C1. The molecule has 0 aromatic heterocycles. The molecule has 1 saturated carbocycles. The summed E-state index contributed by atoms with van der Waals surface area (Å²) in [5.41, 5.74) is 1.23. The molecule has 1 aliphatic carbocycles. The zero-order valence-corrected chi connectivity index (χ0v) is 17.1. The van der Waals surface area contributed by atoms with Gasteiger partial charge in [-0.3, -0.25) is 14.5 Å². The molecule has 0 radical (unpaired) electrons. The number of nitrogens with zero attached hydrogens (tertiary/aromatic N) is 2. The van der Waals surface area contributed by atoms with Crippen LogP contribution in [0, 0.1) is 11.8 Å². The van der Waals surface area contributed by atoms with E-state index in [0.717, 1.165) is 31.7 Å². The highest BCUT2D eigenvalue weighted by atomic mass is 16.5. The van der Waals surface area contributed by atoms with Crippen molar-refractivity contribution in [1.82, 2.24) is 15.1 Å². The van der Waals surface area contributed by atoms with Crippen molar-refractivity contribution in [1.29, 1.82) is 0 Å². The number of rotatable bonds is 6. The van der Waals surface area contributed by atoms with Crippen molar-refractivity contribution in [3.63, 3.8) is 0 Å². The van der Waals surface area contributed by atoms with Crippen LogP contribution in [0.15, 0.2) is 24.3 Å². The molecule has 0 spiro atoms. The number of hydrogen-bond acceptors (Lipinski definition) is 5. The molecule has 3 aliphatic rings. The highest BCUT2D eigenvalue weighted by Gasteiger charge is 2.39. The average molecular weight is 402 g/mol. The Hall–Kier alpha value is -2.12. The number of fused-ring (bicyclic) bond motifs is 1. The normalized spacial score (nSPS) is 26.9. The van der Waals surface area contributed by atoms with Crippen LogP contribution in [0.2, 0.25) is 0 Å². The van der Waals surface area contributed by atoms with Gasteiger partial charge in [-0.1, -0.05) is 12.1 Å². The first kappa shape index (κ1) is 20.2. The van der Waals surface area contributed by atoms with Gasteiger partial charge in [-0.25, -0.2) is 0 Å². The van der Waals surface area contributed by atoms with Gasteiger partial charge in [0, 0.05) is 38.6 Å². The number of carbonyl (C=O) groups is 2. The van der Waals surface area contributed by atoms with E-state index in [-0.39, 0.29) is 18.4 Å². The van der Waals surface area contributed by atoms with E-state index in [0.29, 0.717) is 50.6 Å². The monoisotopic (exact) mass is 401 g/mol. The van der Waals surface area contributed by atoms with Gasteiger partial charge in [0.25, 0.3) is 5.91 Å². The number of morpholine rings is 1. The van der Waals surface area contributed by atoms with Crippen molar-refractivity contribution >= 4 is 11.8 Å². The third kappa shape index (κ3) is 5.08.